The van der Waals surface area contributed by atoms with Crippen LogP contribution in [-0.2, 0) is 56.9 Å². The van der Waals surface area contributed by atoms with E-state index in [1.807, 2.05) is 51.3 Å². The van der Waals surface area contributed by atoms with Crippen LogP contribution in [0.5, 0.6) is 0 Å². The molecule has 115 heavy (non-hydrogen) atoms. The Labute approximate surface area is 670 Å². The molecule has 6 aliphatic rings. The molecule has 23 nitrogen and oxygen atoms in total. The molecule has 6 fully saturated rings. The number of anilines is 7. The van der Waals surface area contributed by atoms with Crippen molar-refractivity contribution in [3.05, 3.63) is 158 Å². The number of halogens is 15. The molecule has 3 aromatic carbocycles. The Morgan fingerprint density at radius 1 is 0.530 bits per heavy atom. The third-order valence-corrected chi connectivity index (χ3v) is 22.0. The van der Waals surface area contributed by atoms with E-state index in [1.54, 1.807) is 58.9 Å². The Morgan fingerprint density at radius 3 is 1.38 bits per heavy atom. The van der Waals surface area contributed by atoms with Gasteiger partial charge in [-0.25, -0.2) is 34.7 Å². The summed E-state index contributed by atoms with van der Waals surface area (Å²) >= 11 is 19.2. The quantitative estimate of drug-likeness (QED) is 0.0364. The maximum absolute atomic E-state index is 13.9. The fourth-order valence-corrected chi connectivity index (χ4v) is 15.7. The zero-order chi connectivity index (χ0) is 82.7. The average Bonchev–Trinajstić information content (AvgIpc) is 1.73. The minimum atomic E-state index is -5.01. The smallest absolute Gasteiger partial charge is 0.416 e. The number of nitrogens with zero attached hydrogens (tertiary/aromatic N) is 15. The lowest BCUT2D eigenvalue weighted by Gasteiger charge is -2.33. The van der Waals surface area contributed by atoms with Gasteiger partial charge in [0.2, 0.25) is 23.1 Å². The van der Waals surface area contributed by atoms with E-state index >= 15 is 0 Å². The number of benzene rings is 3. The number of carboxylic acid groups (broad SMARTS) is 1. The Morgan fingerprint density at radius 2 is 0.957 bits per heavy atom. The number of aliphatic hydroxyl groups is 1. The maximum atomic E-state index is 13.9. The molecule has 6 aliphatic heterocycles. The minimum absolute atomic E-state index is 0.0194. The number of hydrogen-bond acceptors (Lipinski definition) is 22. The highest BCUT2D eigenvalue weighted by atomic mass is 35.5. The fraction of sp³-hybridized carbons (Fsp3) is 0.519. The number of rotatable bonds is 20. The number of aromatic nitrogens is 8. The Bertz CT molecular complexity index is 4340. The molecule has 0 spiro atoms. The fourth-order valence-electron chi connectivity index (χ4n) is 15.2. The van der Waals surface area contributed by atoms with Crippen LogP contribution in [0.4, 0.5) is 93.5 Å². The molecule has 0 aliphatic carbocycles. The summed E-state index contributed by atoms with van der Waals surface area (Å²) in [5.74, 6) is -0.149. The summed E-state index contributed by atoms with van der Waals surface area (Å²) in [6.07, 6.45) is -4.47. The molecule has 4 atom stereocenters. The van der Waals surface area contributed by atoms with E-state index in [0.29, 0.717) is 145 Å². The number of aliphatic carboxylic acids is 1. The van der Waals surface area contributed by atoms with Gasteiger partial charge in [-0.15, -0.1) is 0 Å². The first-order chi connectivity index (χ1) is 54.6. The van der Waals surface area contributed by atoms with Gasteiger partial charge in [0.15, 0.2) is 11.6 Å². The molecule has 0 radical (unpaired) electrons. The topological polar surface area (TPSA) is 248 Å². The molecule has 7 aromatic rings. The van der Waals surface area contributed by atoms with E-state index in [0.717, 1.165) is 50.2 Å². The number of piperidine rings is 4. The van der Waals surface area contributed by atoms with Crippen LogP contribution >= 0.6 is 34.8 Å². The van der Waals surface area contributed by atoms with Crippen LogP contribution in [0.15, 0.2) is 104 Å². The zero-order valence-corrected chi connectivity index (χ0v) is 65.2. The van der Waals surface area contributed by atoms with Crippen LogP contribution < -0.4 is 39.6 Å². The normalized spacial score (nSPS) is 19.7. The maximum Gasteiger partial charge on any atom is 0.416 e. The van der Waals surface area contributed by atoms with Crippen LogP contribution in [-0.4, -0.2) is 176 Å². The molecule has 4 aromatic heterocycles. The molecular formula is C77H87Cl3F12N16O7. The van der Waals surface area contributed by atoms with Gasteiger partial charge in [0.1, 0.15) is 16.1 Å². The van der Waals surface area contributed by atoms with Crippen molar-refractivity contribution in [3.63, 3.8) is 0 Å². The van der Waals surface area contributed by atoms with Gasteiger partial charge < -0.3 is 59.3 Å². The highest BCUT2D eigenvalue weighted by molar-refractivity contribution is 6.33. The highest BCUT2D eigenvalue weighted by Crippen LogP contribution is 2.43. The lowest BCUT2D eigenvalue weighted by atomic mass is 9.97. The summed E-state index contributed by atoms with van der Waals surface area (Å²) in [6, 6.07) is 10.5. The van der Waals surface area contributed by atoms with Gasteiger partial charge in [0, 0.05) is 90.4 Å². The van der Waals surface area contributed by atoms with Crippen LogP contribution in [0.25, 0.3) is 0 Å². The molecule has 0 amide bonds. The van der Waals surface area contributed by atoms with Crippen molar-refractivity contribution >= 4 is 93.6 Å². The first-order valence-electron chi connectivity index (χ1n) is 37.9. The molecule has 0 saturated carbocycles. The zero-order valence-electron chi connectivity index (χ0n) is 62.9. The van der Waals surface area contributed by atoms with Crippen LogP contribution in [0, 0.1) is 11.8 Å². The van der Waals surface area contributed by atoms with Crippen molar-refractivity contribution in [2.45, 2.75) is 172 Å². The second-order valence-electron chi connectivity index (χ2n) is 29.0. The summed E-state index contributed by atoms with van der Waals surface area (Å²) in [4.78, 5) is 83.8. The minimum Gasteiger partial charge on any atom is -0.481 e. The SMILES string of the molecule is CCOC(=O)C1CCNCC1.CC[C@@H]1C[C@H](N(Cc2cc(C(F)(F)F)cc(C(F)(F)F)c2)c2ncc(N3CCC(O)CC3)cn2)CN1c1nc(N2CCC(C(=O)O)CC2)ncc1Cl.CC[C@@H]1C[C@H](N(Cc2cc(C(F)(F)F)cc(C(F)(F)F)c2)c2ncc(N3CCC(OC(=O)c4ccccc4)CC3)cn2)CN1c1nc(Cl)ncc1Cl. The first kappa shape index (κ1) is 86.8. The molecule has 622 valence electrons. The number of alkyl halides is 12. The monoisotopic (exact) mass is 1680 g/mol. The van der Waals surface area contributed by atoms with Crippen LogP contribution in [0.3, 0.4) is 0 Å². The van der Waals surface area contributed by atoms with Crippen molar-refractivity contribution < 1.29 is 86.8 Å². The summed E-state index contributed by atoms with van der Waals surface area (Å²) in [7, 11) is 0. The van der Waals surface area contributed by atoms with Gasteiger partial charge in [-0.3, -0.25) is 9.59 Å². The van der Waals surface area contributed by atoms with E-state index in [9.17, 15) is 77.3 Å². The second-order valence-corrected chi connectivity index (χ2v) is 30.1. The van der Waals surface area contributed by atoms with E-state index in [2.05, 4.69) is 40.2 Å². The number of esters is 2. The molecule has 3 N–H and O–H groups in total. The van der Waals surface area contributed by atoms with Crippen LogP contribution in [0.1, 0.15) is 142 Å². The Balaban J connectivity index is 0.000000200. The lowest BCUT2D eigenvalue weighted by molar-refractivity contribution is -0.149. The number of carboxylic acids is 1. The molecular weight excluding hydrogens is 1600 g/mol. The van der Waals surface area contributed by atoms with E-state index in [4.69, 9.17) is 49.3 Å². The number of carbonyl (C=O) groups excluding carboxylic acids is 2. The number of aliphatic hydroxyl groups excluding tert-OH is 1. The van der Waals surface area contributed by atoms with Gasteiger partial charge >= 0.3 is 42.6 Å². The molecule has 0 unspecified atom stereocenters. The molecule has 6 saturated heterocycles. The van der Waals surface area contributed by atoms with Crippen molar-refractivity contribution in [3.8, 4) is 0 Å². The number of carbonyl (C=O) groups is 3. The lowest BCUT2D eigenvalue weighted by Crippen LogP contribution is -2.40. The van der Waals surface area contributed by atoms with E-state index < -0.39 is 83.0 Å². The Kier molecular flexibility index (Phi) is 28.6. The van der Waals surface area contributed by atoms with Crippen LogP contribution in [0.2, 0.25) is 15.3 Å². The van der Waals surface area contributed by atoms with Gasteiger partial charge in [0.25, 0.3) is 0 Å². The second kappa shape index (κ2) is 37.9. The molecule has 10 heterocycles. The molecule has 0 bridgehead atoms. The molecule has 13 rings (SSSR count). The summed E-state index contributed by atoms with van der Waals surface area (Å²) in [5, 5.41) is 23.0. The van der Waals surface area contributed by atoms with Gasteiger partial charge in [-0.2, -0.15) is 62.7 Å². The number of hydrogen-bond donors (Lipinski definition) is 3. The summed E-state index contributed by atoms with van der Waals surface area (Å²) < 4.78 is 177. The van der Waals surface area contributed by atoms with Crippen molar-refractivity contribution in [1.82, 2.24) is 45.2 Å². The van der Waals surface area contributed by atoms with E-state index in [-0.39, 0.29) is 107 Å². The van der Waals surface area contributed by atoms with Crippen molar-refractivity contribution in [2.75, 3.05) is 106 Å². The van der Waals surface area contributed by atoms with Gasteiger partial charge in [-0.05, 0) is 155 Å². The number of nitrogens with one attached hydrogen (secondary N) is 1. The predicted octanol–water partition coefficient (Wildman–Crippen LogP) is 15.3. The third kappa shape index (κ3) is 22.6. The number of ether oxygens (including phenoxy) is 2. The van der Waals surface area contributed by atoms with Crippen molar-refractivity contribution in [1.29, 1.82) is 0 Å². The van der Waals surface area contributed by atoms with Crippen molar-refractivity contribution in [2.24, 2.45) is 11.8 Å². The predicted molar refractivity (Wildman–Crippen MR) is 407 cm³/mol. The van der Waals surface area contributed by atoms with E-state index in [1.165, 1.54) is 12.4 Å². The van der Waals surface area contributed by atoms with Gasteiger partial charge in [-0.1, -0.05) is 55.2 Å². The summed E-state index contributed by atoms with van der Waals surface area (Å²) in [5.41, 5.74) is -4.24. The summed E-state index contributed by atoms with van der Waals surface area (Å²) in [6.45, 7) is 11.1. The van der Waals surface area contributed by atoms with Gasteiger partial charge in [0.05, 0.1) is 113 Å². The largest absolute Gasteiger partial charge is 0.481 e. The standard InChI is InChI=1S/C35H33Cl2F6N7O2.C34H39ClF6N8O3.C8H15NO2/c1-2-25-15-26(20-49(25)30-29(36)18-44-32(37)47-30)50(19-21-12-23(34(38,39)40)14-24(13-21)35(41,42)43)33-45-16-27(17-46-33)48-10-8-28(9-11-48)52-31(51)22-6-4-3-5-7-22;1-2-24-14-25(19-48(24)29-28(35)17-44-32(45-29)47-7-3-21(4-8-47)30(51)52)49(31-42-15-26(16-43-31)46-9-5-27(50)6-10-46)18-20-11-22(33(36,37)38)13-23(12-20)34(39,40)41;1-2-11-8(10)7-3-5-9-6-4-7/h3-7,12-14,16-18,25-26,28H,2,8-11,15,19-20H2,1H3;11-13,15-17,21,24-25,27,50H,2-10,14,18-19H2,1H3,(H,51,52);7,9H,2-6H2,1H3/t25-,26+;24-,25+;/m11./s1. The Hall–Kier alpha value is -9.06. The third-order valence-electron chi connectivity index (χ3n) is 21.3. The molecule has 38 heteroatoms. The average molecular weight is 1680 g/mol. The first-order valence-corrected chi connectivity index (χ1v) is 39.0. The highest BCUT2D eigenvalue weighted by Gasteiger charge is 2.44.